The van der Waals surface area contributed by atoms with E-state index in [-0.39, 0.29) is 10.1 Å². The van der Waals surface area contributed by atoms with E-state index in [1.807, 2.05) is 0 Å². The summed E-state index contributed by atoms with van der Waals surface area (Å²) in [5.41, 5.74) is 0.0504. The van der Waals surface area contributed by atoms with Gasteiger partial charge in [0.2, 0.25) is 0 Å². The van der Waals surface area contributed by atoms with Crippen LogP contribution in [0.5, 0.6) is 5.75 Å². The molecule has 2 aromatic carbocycles. The first-order chi connectivity index (χ1) is 13.7. The molecule has 0 bridgehead atoms. The van der Waals surface area contributed by atoms with Crippen LogP contribution in [0.2, 0.25) is 0 Å². The van der Waals surface area contributed by atoms with E-state index in [4.69, 9.17) is 4.74 Å². The lowest BCUT2D eigenvalue weighted by atomic mass is 10.0. The molecular weight excluding hydrogens is 415 g/mol. The largest absolute Gasteiger partial charge is 0.476 e. The van der Waals surface area contributed by atoms with Crippen LogP contribution in [0.3, 0.4) is 0 Å². The van der Waals surface area contributed by atoms with Crippen molar-refractivity contribution in [2.24, 2.45) is 0 Å². The number of benzene rings is 2. The quantitative estimate of drug-likeness (QED) is 0.658. The molecule has 0 radical (unpaired) electrons. The maximum Gasteiger partial charge on any atom is 0.275 e. The summed E-state index contributed by atoms with van der Waals surface area (Å²) in [5.74, 6) is -0.388. The van der Waals surface area contributed by atoms with Gasteiger partial charge >= 0.3 is 0 Å². The first-order valence-corrected chi connectivity index (χ1v) is 11.0. The molecule has 1 aliphatic heterocycles. The predicted octanol–water partition coefficient (Wildman–Crippen LogP) is 4.52. The number of halogens is 1. The second kappa shape index (κ2) is 6.85. The van der Waals surface area contributed by atoms with Crippen LogP contribution in [0.25, 0.3) is 0 Å². The van der Waals surface area contributed by atoms with E-state index in [0.717, 1.165) is 11.3 Å². The summed E-state index contributed by atoms with van der Waals surface area (Å²) in [6.45, 7) is 3.24. The van der Waals surface area contributed by atoms with Gasteiger partial charge in [-0.3, -0.25) is 14.4 Å². The Morgan fingerprint density at radius 1 is 1.10 bits per heavy atom. The Hall–Kier alpha value is -2.91. The van der Waals surface area contributed by atoms with Crippen LogP contribution in [-0.4, -0.2) is 19.9 Å². The lowest BCUT2D eigenvalue weighted by Crippen LogP contribution is -2.50. The van der Waals surface area contributed by atoms with Crippen LogP contribution in [0.1, 0.15) is 13.8 Å². The monoisotopic (exact) mass is 432 g/mol. The van der Waals surface area contributed by atoms with Crippen LogP contribution in [0.4, 0.5) is 21.5 Å². The zero-order valence-corrected chi connectivity index (χ0v) is 17.2. The topological polar surface area (TPSA) is 75.7 Å². The minimum atomic E-state index is -3.72. The van der Waals surface area contributed by atoms with E-state index in [1.165, 1.54) is 41.3 Å². The molecule has 2 heterocycles. The number of anilines is 3. The summed E-state index contributed by atoms with van der Waals surface area (Å²) in [6.07, 6.45) is 0. The van der Waals surface area contributed by atoms with Crippen molar-refractivity contribution >= 4 is 44.3 Å². The van der Waals surface area contributed by atoms with E-state index < -0.39 is 21.4 Å². The summed E-state index contributed by atoms with van der Waals surface area (Å²) in [5, 5.41) is 1.68. The summed E-state index contributed by atoms with van der Waals surface area (Å²) in [6, 6.07) is 13.4. The van der Waals surface area contributed by atoms with E-state index >= 15 is 0 Å². The van der Waals surface area contributed by atoms with Gasteiger partial charge in [-0.05, 0) is 61.7 Å². The number of carbonyl (C=O) groups excluding carboxylic acids is 1. The van der Waals surface area contributed by atoms with E-state index in [9.17, 15) is 17.6 Å². The standard InChI is InChI=1S/C20H17FN2O4S2/c1-20(2)19(24)23(15-8-5-13(21)6-9-15)16-10-7-14(12-17(16)27-20)22-29(25,26)18-4-3-11-28-18/h3-12,22H,1-2H3. The van der Waals surface area contributed by atoms with Crippen molar-refractivity contribution in [3.63, 3.8) is 0 Å². The van der Waals surface area contributed by atoms with Crippen LogP contribution >= 0.6 is 11.3 Å². The normalized spacial score (nSPS) is 15.6. The van der Waals surface area contributed by atoms with Gasteiger partial charge in [0.25, 0.3) is 15.9 Å². The van der Waals surface area contributed by atoms with Crippen LogP contribution in [0.15, 0.2) is 64.2 Å². The minimum absolute atomic E-state index is 0.194. The Labute approximate surface area is 171 Å². The fourth-order valence-electron chi connectivity index (χ4n) is 3.01. The Morgan fingerprint density at radius 2 is 1.83 bits per heavy atom. The molecule has 1 aliphatic rings. The number of hydrogen-bond acceptors (Lipinski definition) is 5. The predicted molar refractivity (Wildman–Crippen MR) is 110 cm³/mol. The zero-order chi connectivity index (χ0) is 20.8. The van der Waals surface area contributed by atoms with E-state index in [0.29, 0.717) is 22.8 Å². The highest BCUT2D eigenvalue weighted by atomic mass is 32.2. The minimum Gasteiger partial charge on any atom is -0.476 e. The van der Waals surface area contributed by atoms with Gasteiger partial charge in [-0.15, -0.1) is 11.3 Å². The molecule has 0 saturated heterocycles. The fourth-order valence-corrected chi connectivity index (χ4v) is 5.05. The Bertz CT molecular complexity index is 1170. The summed E-state index contributed by atoms with van der Waals surface area (Å²) >= 11 is 1.11. The molecule has 3 aromatic rings. The lowest BCUT2D eigenvalue weighted by molar-refractivity contribution is -0.131. The molecule has 29 heavy (non-hydrogen) atoms. The number of fused-ring (bicyclic) bond motifs is 1. The number of thiophene rings is 1. The first-order valence-electron chi connectivity index (χ1n) is 8.67. The molecule has 0 fully saturated rings. The zero-order valence-electron chi connectivity index (χ0n) is 15.5. The Kier molecular flexibility index (Phi) is 4.59. The number of amides is 1. The van der Waals surface area contributed by atoms with Gasteiger partial charge in [0.05, 0.1) is 11.4 Å². The number of ether oxygens (including phenoxy) is 1. The molecule has 9 heteroatoms. The second-order valence-corrected chi connectivity index (χ2v) is 9.81. The number of hydrogen-bond donors (Lipinski definition) is 1. The Morgan fingerprint density at radius 3 is 2.48 bits per heavy atom. The number of sulfonamides is 1. The third kappa shape index (κ3) is 3.58. The van der Waals surface area contributed by atoms with Crippen LogP contribution in [-0.2, 0) is 14.8 Å². The third-order valence-electron chi connectivity index (χ3n) is 4.38. The molecule has 0 aliphatic carbocycles. The van der Waals surface area contributed by atoms with Gasteiger partial charge in [-0.25, -0.2) is 12.8 Å². The van der Waals surface area contributed by atoms with Gasteiger partial charge in [0.1, 0.15) is 15.8 Å². The van der Waals surface area contributed by atoms with Gasteiger partial charge in [0.15, 0.2) is 5.60 Å². The van der Waals surface area contributed by atoms with Gasteiger partial charge < -0.3 is 4.74 Å². The molecular formula is C20H17FN2O4S2. The van der Waals surface area contributed by atoms with Crippen LogP contribution < -0.4 is 14.4 Å². The van der Waals surface area contributed by atoms with Crippen LogP contribution in [0, 0.1) is 5.82 Å². The highest BCUT2D eigenvalue weighted by Crippen LogP contribution is 2.43. The molecule has 6 nitrogen and oxygen atoms in total. The molecule has 0 spiro atoms. The maximum atomic E-state index is 13.3. The van der Waals surface area contributed by atoms with Crippen molar-refractivity contribution < 1.29 is 22.3 Å². The summed E-state index contributed by atoms with van der Waals surface area (Å²) in [7, 11) is -3.72. The van der Waals surface area contributed by atoms with Gasteiger partial charge in [-0.1, -0.05) is 6.07 Å². The third-order valence-corrected chi connectivity index (χ3v) is 7.16. The molecule has 4 rings (SSSR count). The average molecular weight is 432 g/mol. The summed E-state index contributed by atoms with van der Waals surface area (Å²) in [4.78, 5) is 14.4. The lowest BCUT2D eigenvalue weighted by Gasteiger charge is -2.39. The first kappa shape index (κ1) is 19.4. The summed E-state index contributed by atoms with van der Waals surface area (Å²) < 4.78 is 46.9. The highest BCUT2D eigenvalue weighted by molar-refractivity contribution is 7.94. The molecule has 0 saturated carbocycles. The smallest absolute Gasteiger partial charge is 0.275 e. The highest BCUT2D eigenvalue weighted by Gasteiger charge is 2.41. The Balaban J connectivity index is 1.75. The number of nitrogens with one attached hydrogen (secondary N) is 1. The molecule has 0 unspecified atom stereocenters. The van der Waals surface area contributed by atoms with E-state index in [1.54, 1.807) is 37.4 Å². The van der Waals surface area contributed by atoms with Crippen molar-refractivity contribution in [1.82, 2.24) is 0 Å². The number of carbonyl (C=O) groups is 1. The number of rotatable bonds is 4. The molecule has 1 amide bonds. The van der Waals surface area contributed by atoms with Crippen molar-refractivity contribution in [1.29, 1.82) is 0 Å². The molecule has 150 valence electrons. The second-order valence-electron chi connectivity index (χ2n) is 6.95. The van der Waals surface area contributed by atoms with Crippen molar-refractivity contribution in [3.05, 3.63) is 65.8 Å². The van der Waals surface area contributed by atoms with Gasteiger partial charge in [0, 0.05) is 11.8 Å². The molecule has 0 atom stereocenters. The van der Waals surface area contributed by atoms with Crippen molar-refractivity contribution in [3.8, 4) is 5.75 Å². The van der Waals surface area contributed by atoms with Crippen molar-refractivity contribution in [2.45, 2.75) is 23.7 Å². The molecule has 1 N–H and O–H groups in total. The SMILES string of the molecule is CC1(C)Oc2cc(NS(=O)(=O)c3cccs3)ccc2N(c2ccc(F)cc2)C1=O. The van der Waals surface area contributed by atoms with Crippen molar-refractivity contribution in [2.75, 3.05) is 9.62 Å². The fraction of sp³-hybridized carbons (Fsp3) is 0.150. The van der Waals surface area contributed by atoms with E-state index in [2.05, 4.69) is 4.72 Å². The molecule has 1 aromatic heterocycles. The average Bonchev–Trinajstić information content (AvgIpc) is 3.19. The number of nitrogens with zero attached hydrogens (tertiary/aromatic N) is 1. The van der Waals surface area contributed by atoms with Gasteiger partial charge in [-0.2, -0.15) is 0 Å². The maximum absolute atomic E-state index is 13.3.